The van der Waals surface area contributed by atoms with Gasteiger partial charge in [0.1, 0.15) is 0 Å². The molecule has 1 unspecified atom stereocenters. The smallest absolute Gasteiger partial charge is 0.416 e. The Kier molecular flexibility index (Phi) is 8.71. The predicted molar refractivity (Wildman–Crippen MR) is 134 cm³/mol. The fourth-order valence-corrected chi connectivity index (χ4v) is 5.49. The number of carbonyl (C=O) groups excluding carboxylic acids is 2. The van der Waals surface area contributed by atoms with Gasteiger partial charge in [0, 0.05) is 36.9 Å². The summed E-state index contributed by atoms with van der Waals surface area (Å²) in [5, 5.41) is 3.28. The van der Waals surface area contributed by atoms with Crippen molar-refractivity contribution < 1.29 is 27.5 Å². The lowest BCUT2D eigenvalue weighted by Crippen LogP contribution is -2.45. The van der Waals surface area contributed by atoms with Gasteiger partial charge in [-0.2, -0.15) is 13.2 Å². The summed E-state index contributed by atoms with van der Waals surface area (Å²) >= 11 is 0. The zero-order chi connectivity index (χ0) is 26.4. The minimum absolute atomic E-state index is 0.0639. The third-order valence-corrected chi connectivity index (χ3v) is 7.55. The average Bonchev–Trinajstić information content (AvgIpc) is 3.34. The number of piperidine rings is 1. The zero-order valence-electron chi connectivity index (χ0n) is 21.1. The molecular weight excluding hydrogens is 483 g/mol. The Balaban J connectivity index is 1.27. The molecular formula is C28H34F3N3O3. The van der Waals surface area contributed by atoms with Crippen LogP contribution in [-0.2, 0) is 22.1 Å². The number of aryl methyl sites for hydroxylation is 1. The van der Waals surface area contributed by atoms with E-state index in [-0.39, 0.29) is 23.8 Å². The Morgan fingerprint density at radius 3 is 2.49 bits per heavy atom. The van der Waals surface area contributed by atoms with Gasteiger partial charge < -0.3 is 15.0 Å². The summed E-state index contributed by atoms with van der Waals surface area (Å²) in [6, 6.07) is 8.80. The Morgan fingerprint density at radius 1 is 1.08 bits per heavy atom. The highest BCUT2D eigenvalue weighted by Crippen LogP contribution is 2.33. The second-order valence-electron chi connectivity index (χ2n) is 9.87. The number of alkyl halides is 3. The Labute approximate surface area is 215 Å². The standard InChI is InChI=1S/C28H34F3N3O3/c1-2-37-27(36)23-6-4-16-32-25(23)13-8-19-5-3-7-24(19)33-26(35)20-14-17-34(18-15-20)22-11-9-21(10-12-22)28(29,30)31/h4,6,9-12,16,19-20,24H,2-3,5,7-8,13-15,17-18H2,1H3,(H,33,35)/t19?,24-/m0/s1. The topological polar surface area (TPSA) is 71.5 Å². The van der Waals surface area contributed by atoms with Crippen LogP contribution in [0.15, 0.2) is 42.6 Å². The summed E-state index contributed by atoms with van der Waals surface area (Å²) < 4.78 is 43.6. The number of hydrogen-bond acceptors (Lipinski definition) is 5. The van der Waals surface area contributed by atoms with Crippen molar-refractivity contribution in [1.82, 2.24) is 10.3 Å². The van der Waals surface area contributed by atoms with Gasteiger partial charge in [0.15, 0.2) is 0 Å². The first-order valence-corrected chi connectivity index (χ1v) is 13.1. The molecule has 200 valence electrons. The lowest BCUT2D eigenvalue weighted by Gasteiger charge is -2.34. The summed E-state index contributed by atoms with van der Waals surface area (Å²) in [4.78, 5) is 31.7. The maximum Gasteiger partial charge on any atom is 0.416 e. The van der Waals surface area contributed by atoms with Gasteiger partial charge in [0.05, 0.1) is 23.4 Å². The van der Waals surface area contributed by atoms with Crippen LogP contribution in [0, 0.1) is 11.8 Å². The highest BCUT2D eigenvalue weighted by Gasteiger charge is 2.33. The number of carbonyl (C=O) groups is 2. The van der Waals surface area contributed by atoms with Gasteiger partial charge in [-0.05, 0) is 87.8 Å². The number of halogens is 3. The van der Waals surface area contributed by atoms with Gasteiger partial charge in [0.2, 0.25) is 5.91 Å². The molecule has 1 aliphatic heterocycles. The van der Waals surface area contributed by atoms with Crippen molar-refractivity contribution in [3.05, 3.63) is 59.4 Å². The first-order chi connectivity index (χ1) is 17.8. The van der Waals surface area contributed by atoms with Crippen molar-refractivity contribution in [3.8, 4) is 0 Å². The van der Waals surface area contributed by atoms with Crippen molar-refractivity contribution in [2.75, 3.05) is 24.6 Å². The number of pyridine rings is 1. The molecule has 1 saturated carbocycles. The first kappa shape index (κ1) is 26.9. The molecule has 1 aromatic heterocycles. The molecule has 37 heavy (non-hydrogen) atoms. The molecule has 2 fully saturated rings. The van der Waals surface area contributed by atoms with Gasteiger partial charge in [-0.1, -0.05) is 6.42 Å². The number of hydrogen-bond donors (Lipinski definition) is 1. The molecule has 2 heterocycles. The quantitative estimate of drug-likeness (QED) is 0.474. The lowest BCUT2D eigenvalue weighted by molar-refractivity contribution is -0.137. The van der Waals surface area contributed by atoms with Crippen LogP contribution < -0.4 is 10.2 Å². The molecule has 0 radical (unpaired) electrons. The van der Waals surface area contributed by atoms with Gasteiger partial charge in [0.25, 0.3) is 0 Å². The molecule has 0 spiro atoms. The largest absolute Gasteiger partial charge is 0.462 e. The fraction of sp³-hybridized carbons (Fsp3) is 0.536. The molecule has 0 bridgehead atoms. The van der Waals surface area contributed by atoms with Crippen molar-refractivity contribution in [2.45, 2.75) is 64.1 Å². The Bertz CT molecular complexity index is 1070. The van der Waals surface area contributed by atoms with E-state index >= 15 is 0 Å². The van der Waals surface area contributed by atoms with Gasteiger partial charge in [-0.15, -0.1) is 0 Å². The Hall–Kier alpha value is -3.10. The van der Waals surface area contributed by atoms with Crippen LogP contribution in [0.1, 0.15) is 67.1 Å². The normalized spacial score (nSPS) is 20.6. The lowest BCUT2D eigenvalue weighted by atomic mass is 9.92. The number of rotatable bonds is 8. The highest BCUT2D eigenvalue weighted by molar-refractivity contribution is 5.90. The number of anilines is 1. The predicted octanol–water partition coefficient (Wildman–Crippen LogP) is 5.41. The summed E-state index contributed by atoms with van der Waals surface area (Å²) in [5.74, 6) is -0.0649. The van der Waals surface area contributed by atoms with Crippen LogP contribution in [-0.4, -0.2) is 42.6 Å². The van der Waals surface area contributed by atoms with E-state index in [0.29, 0.717) is 50.4 Å². The molecule has 4 rings (SSSR count). The minimum atomic E-state index is -4.34. The first-order valence-electron chi connectivity index (χ1n) is 13.1. The number of amides is 1. The molecule has 6 nitrogen and oxygen atoms in total. The van der Waals surface area contributed by atoms with E-state index in [2.05, 4.69) is 10.3 Å². The van der Waals surface area contributed by atoms with Crippen LogP contribution >= 0.6 is 0 Å². The number of benzene rings is 1. The number of aromatic nitrogens is 1. The second-order valence-corrected chi connectivity index (χ2v) is 9.87. The molecule has 2 atom stereocenters. The Morgan fingerprint density at radius 2 is 1.81 bits per heavy atom. The van der Waals surface area contributed by atoms with Crippen LogP contribution in [0.2, 0.25) is 0 Å². The van der Waals surface area contributed by atoms with Crippen molar-refractivity contribution in [1.29, 1.82) is 0 Å². The molecule has 1 N–H and O–H groups in total. The van der Waals surface area contributed by atoms with E-state index in [0.717, 1.165) is 49.2 Å². The minimum Gasteiger partial charge on any atom is -0.462 e. The van der Waals surface area contributed by atoms with Crippen LogP contribution in [0.25, 0.3) is 0 Å². The van der Waals surface area contributed by atoms with E-state index in [1.54, 1.807) is 25.3 Å². The second kappa shape index (κ2) is 12.0. The summed E-state index contributed by atoms with van der Waals surface area (Å²) in [6.07, 6.45) is 3.17. The van der Waals surface area contributed by atoms with E-state index < -0.39 is 11.7 Å². The SMILES string of the molecule is CCOC(=O)c1cccnc1CCC1CCC[C@@H]1NC(=O)C1CCN(c2ccc(C(F)(F)F)cc2)CC1. The van der Waals surface area contributed by atoms with Crippen LogP contribution in [0.3, 0.4) is 0 Å². The van der Waals surface area contributed by atoms with E-state index in [1.807, 2.05) is 4.90 Å². The summed E-state index contributed by atoms with van der Waals surface area (Å²) in [6.45, 7) is 3.35. The molecule has 1 amide bonds. The third-order valence-electron chi connectivity index (χ3n) is 7.55. The van der Waals surface area contributed by atoms with E-state index in [9.17, 15) is 22.8 Å². The van der Waals surface area contributed by atoms with Crippen molar-refractivity contribution in [2.24, 2.45) is 11.8 Å². The number of nitrogens with one attached hydrogen (secondary N) is 1. The molecule has 1 saturated heterocycles. The number of esters is 1. The van der Waals surface area contributed by atoms with E-state index in [4.69, 9.17) is 4.74 Å². The molecule has 1 aromatic carbocycles. The molecule has 1 aliphatic carbocycles. The average molecular weight is 518 g/mol. The van der Waals surface area contributed by atoms with Crippen molar-refractivity contribution in [3.63, 3.8) is 0 Å². The summed E-state index contributed by atoms with van der Waals surface area (Å²) in [7, 11) is 0. The van der Waals surface area contributed by atoms with Gasteiger partial charge in [-0.3, -0.25) is 9.78 Å². The molecule has 2 aromatic rings. The van der Waals surface area contributed by atoms with Crippen LogP contribution in [0.4, 0.5) is 18.9 Å². The molecule has 2 aliphatic rings. The highest BCUT2D eigenvalue weighted by atomic mass is 19.4. The van der Waals surface area contributed by atoms with Crippen molar-refractivity contribution >= 4 is 17.6 Å². The maximum atomic E-state index is 13.1. The monoisotopic (exact) mass is 517 g/mol. The third kappa shape index (κ3) is 6.81. The van der Waals surface area contributed by atoms with Crippen LogP contribution in [0.5, 0.6) is 0 Å². The van der Waals surface area contributed by atoms with E-state index in [1.165, 1.54) is 12.1 Å². The number of ether oxygens (including phenoxy) is 1. The number of nitrogens with zero attached hydrogens (tertiary/aromatic N) is 2. The van der Waals surface area contributed by atoms with Gasteiger partial charge >= 0.3 is 12.1 Å². The zero-order valence-corrected chi connectivity index (χ0v) is 21.1. The molecule has 9 heteroatoms. The van der Waals surface area contributed by atoms with Gasteiger partial charge in [-0.25, -0.2) is 4.79 Å². The maximum absolute atomic E-state index is 13.1. The summed E-state index contributed by atoms with van der Waals surface area (Å²) in [5.41, 5.74) is 1.33. The fourth-order valence-electron chi connectivity index (χ4n) is 5.49.